The molecule has 0 N–H and O–H groups in total. The van der Waals surface area contributed by atoms with Gasteiger partial charge in [-0.05, 0) is 102 Å². The molecule has 234 valence electrons. The zero-order valence-electron chi connectivity index (χ0n) is 27.8. The van der Waals surface area contributed by atoms with Gasteiger partial charge in [0, 0.05) is 11.1 Å². The van der Waals surface area contributed by atoms with Crippen LogP contribution in [0.3, 0.4) is 0 Å². The maximum Gasteiger partial charge on any atom is 0.164 e. The van der Waals surface area contributed by atoms with E-state index in [-0.39, 0.29) is 0 Å². The lowest BCUT2D eigenvalue weighted by atomic mass is 9.89. The first-order valence-corrected chi connectivity index (χ1v) is 16.8. The summed E-state index contributed by atoms with van der Waals surface area (Å²) in [5, 5.41) is 2.50. The van der Waals surface area contributed by atoms with Gasteiger partial charge in [0.05, 0.1) is 0 Å². The zero-order valence-corrected chi connectivity index (χ0v) is 27.8. The van der Waals surface area contributed by atoms with E-state index in [1.54, 1.807) is 0 Å². The summed E-state index contributed by atoms with van der Waals surface area (Å²) in [7, 11) is 0. The van der Waals surface area contributed by atoms with Gasteiger partial charge >= 0.3 is 0 Å². The molecule has 0 atom stereocenters. The fourth-order valence-electron chi connectivity index (χ4n) is 6.34. The first-order valence-electron chi connectivity index (χ1n) is 16.8. The number of nitrogens with zero attached hydrogens (tertiary/aromatic N) is 3. The molecule has 7 rings (SSSR count). The maximum atomic E-state index is 5.09. The van der Waals surface area contributed by atoms with Crippen LogP contribution in [0, 0.1) is 0 Å². The minimum Gasteiger partial charge on any atom is -0.209 e. The summed E-state index contributed by atoms with van der Waals surface area (Å²) >= 11 is 0. The summed E-state index contributed by atoms with van der Waals surface area (Å²) in [5.74, 6) is 2.05. The molecule has 0 amide bonds. The van der Waals surface area contributed by atoms with Crippen LogP contribution in [0.4, 0.5) is 0 Å². The van der Waals surface area contributed by atoms with E-state index in [0.717, 1.165) is 47.1 Å². The van der Waals surface area contributed by atoms with Gasteiger partial charge in [0.15, 0.2) is 17.5 Å². The molecule has 4 aromatic carbocycles. The monoisotopic (exact) mass is 621 g/mol. The van der Waals surface area contributed by atoms with Crippen molar-refractivity contribution in [3.8, 4) is 22.5 Å². The lowest BCUT2D eigenvalue weighted by Gasteiger charge is -2.16. The zero-order chi connectivity index (χ0) is 32.9. The van der Waals surface area contributed by atoms with E-state index in [0.29, 0.717) is 17.5 Å². The molecule has 0 saturated heterocycles. The van der Waals surface area contributed by atoms with E-state index in [9.17, 15) is 0 Å². The molecule has 2 aliphatic carbocycles. The van der Waals surface area contributed by atoms with E-state index in [1.165, 1.54) is 38.6 Å². The Balaban J connectivity index is 1.36. The van der Waals surface area contributed by atoms with Gasteiger partial charge in [-0.2, -0.15) is 0 Å². The smallest absolute Gasteiger partial charge is 0.164 e. The van der Waals surface area contributed by atoms with Crippen LogP contribution in [0.2, 0.25) is 0 Å². The molecule has 48 heavy (non-hydrogen) atoms. The Morgan fingerprint density at radius 1 is 0.667 bits per heavy atom. The number of fused-ring (bicyclic) bond motifs is 3. The average Bonchev–Trinajstić information content (AvgIpc) is 3.40. The molecule has 1 heterocycles. The fraction of sp³-hybridized carbons (Fsp3) is 0.133. The van der Waals surface area contributed by atoms with Gasteiger partial charge in [-0.3, -0.25) is 0 Å². The standard InChI is InChI=1S/C45H39N3/c1-4-31(2)28-38(42-30-37-20-12-7-13-21-39(37)40-22-14-15-23-41(40)42)29-32(3)43-46-44(35-18-10-6-11-19-35)48-45(47-43)36-26-24-34(25-27-36)33-16-8-5-9-17-33/h4-5,7-10,12-19,21-30H,6,11,20H2,1-3H3/b31-4-,32-29+,38-28+. The van der Waals surface area contributed by atoms with Crippen molar-refractivity contribution in [3.63, 3.8) is 0 Å². The van der Waals surface area contributed by atoms with Crippen LogP contribution in [-0.4, -0.2) is 15.0 Å². The maximum absolute atomic E-state index is 5.09. The van der Waals surface area contributed by atoms with Gasteiger partial charge in [-0.1, -0.05) is 139 Å². The third-order valence-electron chi connectivity index (χ3n) is 9.03. The molecule has 0 bridgehead atoms. The van der Waals surface area contributed by atoms with Gasteiger partial charge in [0.1, 0.15) is 0 Å². The van der Waals surface area contributed by atoms with Crippen LogP contribution < -0.4 is 0 Å². The van der Waals surface area contributed by atoms with E-state index < -0.39 is 0 Å². The average molecular weight is 622 g/mol. The molecule has 3 heteroatoms. The van der Waals surface area contributed by atoms with Crippen LogP contribution in [-0.2, 0) is 6.42 Å². The Kier molecular flexibility index (Phi) is 9.02. The summed E-state index contributed by atoms with van der Waals surface area (Å²) in [5.41, 5.74) is 11.5. The molecule has 1 aromatic heterocycles. The number of rotatable bonds is 7. The second-order valence-corrected chi connectivity index (χ2v) is 12.4. The Morgan fingerprint density at radius 2 is 1.40 bits per heavy atom. The first-order chi connectivity index (χ1) is 23.6. The highest BCUT2D eigenvalue weighted by atomic mass is 15.0. The molecule has 0 unspecified atom stereocenters. The second-order valence-electron chi connectivity index (χ2n) is 12.4. The lowest BCUT2D eigenvalue weighted by molar-refractivity contribution is 0.982. The summed E-state index contributed by atoms with van der Waals surface area (Å²) < 4.78 is 0. The normalized spacial score (nSPS) is 15.0. The summed E-state index contributed by atoms with van der Waals surface area (Å²) in [6.07, 6.45) is 24.9. The molecule has 5 aromatic rings. The van der Waals surface area contributed by atoms with Gasteiger partial charge in [-0.25, -0.2) is 15.0 Å². The van der Waals surface area contributed by atoms with Gasteiger partial charge in [-0.15, -0.1) is 0 Å². The third-order valence-corrected chi connectivity index (χ3v) is 9.03. The summed E-state index contributed by atoms with van der Waals surface area (Å²) in [4.78, 5) is 15.2. The number of allylic oxidation sites excluding steroid dienone is 13. The molecule has 3 nitrogen and oxygen atoms in total. The van der Waals surface area contributed by atoms with Crippen molar-refractivity contribution in [2.24, 2.45) is 0 Å². The topological polar surface area (TPSA) is 38.7 Å². The van der Waals surface area contributed by atoms with Gasteiger partial charge in [0.25, 0.3) is 0 Å². The van der Waals surface area contributed by atoms with Crippen LogP contribution in [0.25, 0.3) is 56.1 Å². The minimum atomic E-state index is 0.673. The van der Waals surface area contributed by atoms with Crippen LogP contribution in [0.5, 0.6) is 0 Å². The molecule has 0 fully saturated rings. The molecular weight excluding hydrogens is 583 g/mol. The number of benzene rings is 4. The number of hydrogen-bond donors (Lipinski definition) is 0. The largest absolute Gasteiger partial charge is 0.209 e. The lowest BCUT2D eigenvalue weighted by Crippen LogP contribution is -2.05. The van der Waals surface area contributed by atoms with E-state index in [2.05, 4.69) is 160 Å². The molecule has 0 radical (unpaired) electrons. The van der Waals surface area contributed by atoms with Crippen molar-refractivity contribution in [2.75, 3.05) is 0 Å². The predicted molar refractivity (Wildman–Crippen MR) is 204 cm³/mol. The Bertz CT molecular complexity index is 2200. The SMILES string of the molecule is C\C=C(C)/C=C(\C=C(/C)c1nc(C2=CCCC=C2)nc(-c2ccc(-c3ccccc3)cc2)n1)c1cc2c(c3ccccc13)C=CC=CC2. The third kappa shape index (κ3) is 6.59. The van der Waals surface area contributed by atoms with Crippen LogP contribution in [0.15, 0.2) is 145 Å². The number of aromatic nitrogens is 3. The Labute approximate surface area is 283 Å². The molecule has 0 saturated carbocycles. The molecular formula is C45H39N3. The Hall–Kier alpha value is -5.67. The number of hydrogen-bond acceptors (Lipinski definition) is 3. The van der Waals surface area contributed by atoms with Crippen molar-refractivity contribution in [1.82, 2.24) is 15.0 Å². The van der Waals surface area contributed by atoms with Crippen molar-refractivity contribution in [2.45, 2.75) is 40.0 Å². The molecule has 2 aliphatic rings. The second kappa shape index (κ2) is 14.0. The highest BCUT2D eigenvalue weighted by Gasteiger charge is 2.17. The van der Waals surface area contributed by atoms with Crippen molar-refractivity contribution in [1.29, 1.82) is 0 Å². The predicted octanol–water partition coefficient (Wildman–Crippen LogP) is 11.7. The summed E-state index contributed by atoms with van der Waals surface area (Å²) in [6, 6.07) is 30.1. The highest BCUT2D eigenvalue weighted by Crippen LogP contribution is 2.35. The van der Waals surface area contributed by atoms with E-state index in [1.807, 2.05) is 6.07 Å². The highest BCUT2D eigenvalue weighted by molar-refractivity contribution is 6.03. The van der Waals surface area contributed by atoms with E-state index in [4.69, 9.17) is 15.0 Å². The minimum absolute atomic E-state index is 0.673. The van der Waals surface area contributed by atoms with Crippen molar-refractivity contribution < 1.29 is 0 Å². The molecule has 0 spiro atoms. The van der Waals surface area contributed by atoms with E-state index >= 15 is 0 Å². The van der Waals surface area contributed by atoms with Crippen molar-refractivity contribution in [3.05, 3.63) is 174 Å². The van der Waals surface area contributed by atoms with Crippen LogP contribution >= 0.6 is 0 Å². The quantitative estimate of drug-likeness (QED) is 0.170. The molecule has 0 aliphatic heterocycles. The Morgan fingerprint density at radius 3 is 2.17 bits per heavy atom. The fourth-order valence-corrected chi connectivity index (χ4v) is 6.34. The first kappa shape index (κ1) is 31.0. The van der Waals surface area contributed by atoms with Crippen molar-refractivity contribution >= 4 is 33.6 Å². The van der Waals surface area contributed by atoms with Gasteiger partial charge in [0.2, 0.25) is 0 Å². The van der Waals surface area contributed by atoms with Crippen LogP contribution in [0.1, 0.15) is 62.0 Å². The van der Waals surface area contributed by atoms with Gasteiger partial charge < -0.3 is 0 Å². The summed E-state index contributed by atoms with van der Waals surface area (Å²) in [6.45, 7) is 6.35.